The second-order valence-corrected chi connectivity index (χ2v) is 8.22. The fourth-order valence-corrected chi connectivity index (χ4v) is 6.29. The first-order valence-corrected chi connectivity index (χ1v) is 8.51. The van der Waals surface area contributed by atoms with E-state index >= 15 is 0 Å². The van der Waals surface area contributed by atoms with Crippen molar-refractivity contribution in [3.05, 3.63) is 23.8 Å². The molecule has 0 radical (unpaired) electrons. The fourth-order valence-electron chi connectivity index (χ4n) is 6.29. The van der Waals surface area contributed by atoms with Gasteiger partial charge in [-0.15, -0.1) is 0 Å². The molecule has 0 aromatic carbocycles. The summed E-state index contributed by atoms with van der Waals surface area (Å²) in [5.41, 5.74) is 2.90. The molecule has 2 saturated carbocycles. The highest BCUT2D eigenvalue weighted by Gasteiger charge is 2.54. The van der Waals surface area contributed by atoms with Crippen molar-refractivity contribution in [2.45, 2.75) is 65.2 Å². The van der Waals surface area contributed by atoms with E-state index in [4.69, 9.17) is 0 Å². The minimum absolute atomic E-state index is 0.515. The van der Waals surface area contributed by atoms with E-state index in [-0.39, 0.29) is 0 Å². The van der Waals surface area contributed by atoms with Gasteiger partial charge < -0.3 is 0 Å². The Hall–Kier alpha value is -0.520. The van der Waals surface area contributed by atoms with Gasteiger partial charge >= 0.3 is 0 Å². The summed E-state index contributed by atoms with van der Waals surface area (Å²) in [7, 11) is 0. The molecule has 5 atom stereocenters. The SMILES string of the molecule is C[C@@]12CCCC1C1CC=C3C=CCC[C@]3(C)C1CC2. The zero-order valence-electron chi connectivity index (χ0n) is 12.6. The van der Waals surface area contributed by atoms with Crippen LogP contribution in [0.2, 0.25) is 0 Å². The van der Waals surface area contributed by atoms with Crippen LogP contribution >= 0.6 is 0 Å². The highest BCUT2D eigenvalue weighted by Crippen LogP contribution is 2.64. The Labute approximate surface area is 118 Å². The van der Waals surface area contributed by atoms with Gasteiger partial charge in [0.05, 0.1) is 0 Å². The third-order valence-electron chi connectivity index (χ3n) is 7.43. The van der Waals surface area contributed by atoms with Crippen molar-refractivity contribution in [3.63, 3.8) is 0 Å². The van der Waals surface area contributed by atoms with Gasteiger partial charge in [0.2, 0.25) is 0 Å². The van der Waals surface area contributed by atoms with E-state index in [1.807, 2.05) is 0 Å². The lowest BCUT2D eigenvalue weighted by atomic mass is 9.49. The molecule has 0 spiro atoms. The van der Waals surface area contributed by atoms with Gasteiger partial charge in [0.1, 0.15) is 0 Å². The summed E-state index contributed by atoms with van der Waals surface area (Å²) < 4.78 is 0. The van der Waals surface area contributed by atoms with Crippen LogP contribution in [0.3, 0.4) is 0 Å². The maximum atomic E-state index is 2.61. The van der Waals surface area contributed by atoms with Gasteiger partial charge in [-0.25, -0.2) is 0 Å². The van der Waals surface area contributed by atoms with Crippen LogP contribution in [0.1, 0.15) is 65.2 Å². The van der Waals surface area contributed by atoms with Crippen molar-refractivity contribution >= 4 is 0 Å². The maximum Gasteiger partial charge on any atom is -0.00445 e. The molecule has 104 valence electrons. The Balaban J connectivity index is 1.73. The zero-order valence-corrected chi connectivity index (χ0v) is 12.6. The first-order valence-electron chi connectivity index (χ1n) is 8.51. The molecule has 3 unspecified atom stereocenters. The molecule has 4 rings (SSSR count). The number of hydrogen-bond acceptors (Lipinski definition) is 0. The molecule has 0 bridgehead atoms. The van der Waals surface area contributed by atoms with Crippen LogP contribution in [0.5, 0.6) is 0 Å². The molecule has 2 fully saturated rings. The lowest BCUT2D eigenvalue weighted by Crippen LogP contribution is -2.47. The van der Waals surface area contributed by atoms with Crippen molar-refractivity contribution < 1.29 is 0 Å². The summed E-state index contributed by atoms with van der Waals surface area (Å²) in [5, 5.41) is 0. The number of fused-ring (bicyclic) bond motifs is 5. The maximum absolute atomic E-state index is 2.61. The molecule has 0 aromatic rings. The highest BCUT2D eigenvalue weighted by atomic mass is 14.6. The average Bonchev–Trinajstić information content (AvgIpc) is 2.79. The van der Waals surface area contributed by atoms with Gasteiger partial charge in [-0.2, -0.15) is 0 Å². The van der Waals surface area contributed by atoms with Gasteiger partial charge in [0.15, 0.2) is 0 Å². The zero-order chi connectivity index (χ0) is 13.1. The van der Waals surface area contributed by atoms with Crippen molar-refractivity contribution in [3.8, 4) is 0 Å². The Kier molecular flexibility index (Phi) is 2.57. The minimum atomic E-state index is 0.515. The molecule has 4 aliphatic rings. The molecular weight excluding hydrogens is 228 g/mol. The second-order valence-electron chi connectivity index (χ2n) is 8.22. The quantitative estimate of drug-likeness (QED) is 0.536. The molecule has 19 heavy (non-hydrogen) atoms. The highest BCUT2D eigenvalue weighted by molar-refractivity contribution is 5.33. The molecule has 0 heteroatoms. The average molecular weight is 256 g/mol. The van der Waals surface area contributed by atoms with Crippen molar-refractivity contribution in [1.82, 2.24) is 0 Å². The molecular formula is C19H28. The third kappa shape index (κ3) is 1.58. The summed E-state index contributed by atoms with van der Waals surface area (Å²) in [6.07, 6.45) is 19.1. The summed E-state index contributed by atoms with van der Waals surface area (Å²) in [5.74, 6) is 3.02. The van der Waals surface area contributed by atoms with Crippen LogP contribution < -0.4 is 0 Å². The van der Waals surface area contributed by atoms with Crippen LogP contribution in [0.15, 0.2) is 23.8 Å². The van der Waals surface area contributed by atoms with E-state index in [0.29, 0.717) is 10.8 Å². The third-order valence-corrected chi connectivity index (χ3v) is 7.43. The first kappa shape index (κ1) is 12.2. The largest absolute Gasteiger partial charge is 0.0842 e. The summed E-state index contributed by atoms with van der Waals surface area (Å²) >= 11 is 0. The Bertz CT molecular complexity index is 443. The van der Waals surface area contributed by atoms with Gasteiger partial charge in [0.25, 0.3) is 0 Å². The standard InChI is InChI=1S/C19H28/c1-18-11-5-7-16(18)15-9-8-14-6-3-4-12-19(14,2)17(15)10-13-18/h3,6,8,15-17H,4-5,7,9-13H2,1-2H3/t15?,16?,17?,18-,19-/m0/s1. The predicted molar refractivity (Wildman–Crippen MR) is 80.8 cm³/mol. The molecule has 0 saturated heterocycles. The molecule has 0 aromatic heterocycles. The molecule has 0 aliphatic heterocycles. The minimum Gasteiger partial charge on any atom is -0.0842 e. The molecule has 0 amide bonds. The normalized spacial score (nSPS) is 52.1. The van der Waals surface area contributed by atoms with E-state index < -0.39 is 0 Å². The number of hydrogen-bond donors (Lipinski definition) is 0. The van der Waals surface area contributed by atoms with Crippen molar-refractivity contribution in [1.29, 1.82) is 0 Å². The van der Waals surface area contributed by atoms with E-state index in [2.05, 4.69) is 32.1 Å². The van der Waals surface area contributed by atoms with E-state index in [0.717, 1.165) is 17.8 Å². The summed E-state index contributed by atoms with van der Waals surface area (Å²) in [4.78, 5) is 0. The van der Waals surface area contributed by atoms with Crippen LogP contribution in [0.25, 0.3) is 0 Å². The van der Waals surface area contributed by atoms with Crippen LogP contribution in [-0.2, 0) is 0 Å². The van der Waals surface area contributed by atoms with Gasteiger partial charge in [-0.05, 0) is 79.1 Å². The van der Waals surface area contributed by atoms with Crippen LogP contribution in [0.4, 0.5) is 0 Å². The summed E-state index contributed by atoms with van der Waals surface area (Å²) in [6.45, 7) is 5.18. The van der Waals surface area contributed by atoms with Crippen molar-refractivity contribution in [2.75, 3.05) is 0 Å². The topological polar surface area (TPSA) is 0 Å². The number of rotatable bonds is 0. The van der Waals surface area contributed by atoms with Gasteiger partial charge in [-0.1, -0.05) is 38.5 Å². The lowest BCUT2D eigenvalue weighted by Gasteiger charge is -2.56. The van der Waals surface area contributed by atoms with Crippen LogP contribution in [-0.4, -0.2) is 0 Å². The van der Waals surface area contributed by atoms with Crippen molar-refractivity contribution in [2.24, 2.45) is 28.6 Å². The van der Waals surface area contributed by atoms with Crippen LogP contribution in [0, 0.1) is 28.6 Å². The number of allylic oxidation sites excluding steroid dienone is 4. The monoisotopic (exact) mass is 256 g/mol. The lowest BCUT2D eigenvalue weighted by molar-refractivity contribution is -0.0179. The Morgan fingerprint density at radius 2 is 1.95 bits per heavy atom. The summed E-state index contributed by atoms with van der Waals surface area (Å²) in [6, 6.07) is 0. The van der Waals surface area contributed by atoms with E-state index in [1.54, 1.807) is 5.57 Å². The molecule has 4 aliphatic carbocycles. The molecule has 0 nitrogen and oxygen atoms in total. The first-order chi connectivity index (χ1) is 9.13. The van der Waals surface area contributed by atoms with Gasteiger partial charge in [0, 0.05) is 0 Å². The van der Waals surface area contributed by atoms with Gasteiger partial charge in [-0.3, -0.25) is 0 Å². The smallest absolute Gasteiger partial charge is 0.00445 e. The fraction of sp³-hybridized carbons (Fsp3) is 0.789. The van der Waals surface area contributed by atoms with E-state index in [9.17, 15) is 0 Å². The molecule has 0 heterocycles. The Morgan fingerprint density at radius 3 is 2.84 bits per heavy atom. The predicted octanol–water partition coefficient (Wildman–Crippen LogP) is 5.51. The Morgan fingerprint density at radius 1 is 1.05 bits per heavy atom. The van der Waals surface area contributed by atoms with E-state index in [1.165, 1.54) is 51.4 Å². The molecule has 0 N–H and O–H groups in total. The second kappa shape index (κ2) is 3.99.